The van der Waals surface area contributed by atoms with Crippen molar-refractivity contribution in [1.29, 1.82) is 0 Å². The summed E-state index contributed by atoms with van der Waals surface area (Å²) in [5.74, 6) is 0.660. The fourth-order valence-corrected chi connectivity index (χ4v) is 3.01. The standard InChI is InChI=1S/C24H26N2O2/c1-26(2)23(20-11-7-4-8-12-20)17-25-24(27)21-13-15-22(16-14-21)28-18-19-9-5-3-6-10-19/h3-16,23H,17-18H2,1-2H3,(H,25,27). The lowest BCUT2D eigenvalue weighted by atomic mass is 10.1. The van der Waals surface area contributed by atoms with E-state index in [0.29, 0.717) is 18.7 Å². The molecule has 0 fully saturated rings. The molecule has 0 saturated carbocycles. The van der Waals surface area contributed by atoms with Crippen molar-refractivity contribution in [2.24, 2.45) is 0 Å². The third kappa shape index (κ3) is 5.44. The van der Waals surface area contributed by atoms with Crippen LogP contribution < -0.4 is 10.1 Å². The van der Waals surface area contributed by atoms with Crippen LogP contribution in [0, 0.1) is 0 Å². The Kier molecular flexibility index (Phi) is 6.82. The largest absolute Gasteiger partial charge is 0.489 e. The van der Waals surface area contributed by atoms with E-state index in [4.69, 9.17) is 4.74 Å². The highest BCUT2D eigenvalue weighted by Crippen LogP contribution is 2.18. The molecule has 144 valence electrons. The second kappa shape index (κ2) is 9.72. The maximum atomic E-state index is 12.5. The molecule has 3 rings (SSSR count). The van der Waals surface area contributed by atoms with Gasteiger partial charge in [-0.3, -0.25) is 4.79 Å². The van der Waals surface area contributed by atoms with Crippen LogP contribution in [0.2, 0.25) is 0 Å². The van der Waals surface area contributed by atoms with Gasteiger partial charge in [0.25, 0.3) is 5.91 Å². The average molecular weight is 374 g/mol. The number of hydrogen-bond acceptors (Lipinski definition) is 3. The molecule has 0 aliphatic carbocycles. The van der Waals surface area contributed by atoms with Gasteiger partial charge in [-0.05, 0) is 49.5 Å². The summed E-state index contributed by atoms with van der Waals surface area (Å²) in [6.07, 6.45) is 0. The molecule has 0 radical (unpaired) electrons. The van der Waals surface area contributed by atoms with Gasteiger partial charge in [0.2, 0.25) is 0 Å². The van der Waals surface area contributed by atoms with E-state index in [1.165, 1.54) is 5.56 Å². The van der Waals surface area contributed by atoms with Crippen LogP contribution in [0.15, 0.2) is 84.9 Å². The number of carbonyl (C=O) groups excluding carboxylic acids is 1. The normalized spacial score (nSPS) is 11.8. The van der Waals surface area contributed by atoms with Gasteiger partial charge >= 0.3 is 0 Å². The smallest absolute Gasteiger partial charge is 0.251 e. The van der Waals surface area contributed by atoms with Gasteiger partial charge in [-0.25, -0.2) is 0 Å². The molecular weight excluding hydrogens is 348 g/mol. The molecule has 4 nitrogen and oxygen atoms in total. The Bertz CT molecular complexity index is 862. The fourth-order valence-electron chi connectivity index (χ4n) is 3.01. The zero-order chi connectivity index (χ0) is 19.8. The highest BCUT2D eigenvalue weighted by Gasteiger charge is 2.15. The van der Waals surface area contributed by atoms with Crippen LogP contribution in [0.5, 0.6) is 5.75 Å². The predicted octanol–water partition coefficient (Wildman–Crippen LogP) is 4.30. The summed E-state index contributed by atoms with van der Waals surface area (Å²) in [5, 5.41) is 3.03. The molecule has 1 atom stereocenters. The van der Waals surface area contributed by atoms with E-state index in [1.807, 2.05) is 74.8 Å². The minimum absolute atomic E-state index is 0.0857. The Labute approximate surface area is 166 Å². The Hall–Kier alpha value is -3.11. The van der Waals surface area contributed by atoms with E-state index in [2.05, 4.69) is 22.3 Å². The molecule has 3 aromatic carbocycles. The van der Waals surface area contributed by atoms with E-state index in [1.54, 1.807) is 12.1 Å². The van der Waals surface area contributed by atoms with Gasteiger partial charge in [0.1, 0.15) is 12.4 Å². The lowest BCUT2D eigenvalue weighted by Crippen LogP contribution is -2.34. The average Bonchev–Trinajstić information content (AvgIpc) is 2.74. The minimum atomic E-state index is -0.0857. The molecular formula is C24H26N2O2. The van der Waals surface area contributed by atoms with Crippen molar-refractivity contribution in [3.8, 4) is 5.75 Å². The fraction of sp³-hybridized carbons (Fsp3) is 0.208. The summed E-state index contributed by atoms with van der Waals surface area (Å²) in [6.45, 7) is 1.05. The van der Waals surface area contributed by atoms with Crippen LogP contribution >= 0.6 is 0 Å². The van der Waals surface area contributed by atoms with Crippen molar-refractivity contribution in [3.05, 3.63) is 102 Å². The monoisotopic (exact) mass is 374 g/mol. The molecule has 3 aromatic rings. The first kappa shape index (κ1) is 19.6. The topological polar surface area (TPSA) is 41.6 Å². The van der Waals surface area contributed by atoms with E-state index in [9.17, 15) is 4.79 Å². The van der Waals surface area contributed by atoms with E-state index >= 15 is 0 Å². The number of carbonyl (C=O) groups is 1. The number of nitrogens with one attached hydrogen (secondary N) is 1. The summed E-state index contributed by atoms with van der Waals surface area (Å²) in [5.41, 5.74) is 2.91. The van der Waals surface area contributed by atoms with Crippen LogP contribution in [0.4, 0.5) is 0 Å². The molecule has 1 unspecified atom stereocenters. The second-order valence-electron chi connectivity index (χ2n) is 6.90. The first-order valence-electron chi connectivity index (χ1n) is 9.40. The van der Waals surface area contributed by atoms with Crippen LogP contribution in [0.1, 0.15) is 27.5 Å². The van der Waals surface area contributed by atoms with Crippen molar-refractivity contribution in [2.75, 3.05) is 20.6 Å². The Morgan fingerprint density at radius 1 is 0.893 bits per heavy atom. The molecule has 0 aliphatic rings. The van der Waals surface area contributed by atoms with Gasteiger partial charge < -0.3 is 15.0 Å². The van der Waals surface area contributed by atoms with Gasteiger partial charge in [0.15, 0.2) is 0 Å². The first-order chi connectivity index (χ1) is 13.6. The third-order valence-corrected chi connectivity index (χ3v) is 4.63. The predicted molar refractivity (Wildman–Crippen MR) is 112 cm³/mol. The second-order valence-corrected chi connectivity index (χ2v) is 6.90. The third-order valence-electron chi connectivity index (χ3n) is 4.63. The van der Waals surface area contributed by atoms with Crippen LogP contribution in [-0.4, -0.2) is 31.4 Å². The lowest BCUT2D eigenvalue weighted by Gasteiger charge is -2.25. The van der Waals surface area contributed by atoms with Crippen molar-refractivity contribution in [3.63, 3.8) is 0 Å². The molecule has 0 aliphatic heterocycles. The van der Waals surface area contributed by atoms with E-state index in [0.717, 1.165) is 11.3 Å². The summed E-state index contributed by atoms with van der Waals surface area (Å²) in [4.78, 5) is 14.6. The van der Waals surface area contributed by atoms with Gasteiger partial charge in [0, 0.05) is 12.1 Å². The number of rotatable bonds is 8. The number of amides is 1. The molecule has 0 spiro atoms. The number of likely N-dealkylation sites (N-methyl/N-ethyl adjacent to an activating group) is 1. The quantitative estimate of drug-likeness (QED) is 0.639. The highest BCUT2D eigenvalue weighted by atomic mass is 16.5. The molecule has 4 heteroatoms. The van der Waals surface area contributed by atoms with E-state index in [-0.39, 0.29) is 11.9 Å². The Morgan fingerprint density at radius 3 is 2.11 bits per heavy atom. The van der Waals surface area contributed by atoms with Gasteiger partial charge in [-0.1, -0.05) is 60.7 Å². The van der Waals surface area contributed by atoms with Gasteiger partial charge in [-0.15, -0.1) is 0 Å². The Morgan fingerprint density at radius 2 is 1.50 bits per heavy atom. The number of ether oxygens (including phenoxy) is 1. The van der Waals surface area contributed by atoms with Gasteiger partial charge in [0.05, 0.1) is 6.04 Å². The Balaban J connectivity index is 1.55. The van der Waals surface area contributed by atoms with Crippen LogP contribution in [0.25, 0.3) is 0 Å². The summed E-state index contributed by atoms with van der Waals surface area (Å²) < 4.78 is 5.78. The van der Waals surface area contributed by atoms with Crippen LogP contribution in [0.3, 0.4) is 0 Å². The van der Waals surface area contributed by atoms with Gasteiger partial charge in [-0.2, -0.15) is 0 Å². The summed E-state index contributed by atoms with van der Waals surface area (Å²) in [6, 6.07) is 27.6. The number of hydrogen-bond donors (Lipinski definition) is 1. The number of benzene rings is 3. The van der Waals surface area contributed by atoms with Crippen LogP contribution in [-0.2, 0) is 6.61 Å². The summed E-state index contributed by atoms with van der Waals surface area (Å²) in [7, 11) is 4.03. The molecule has 0 saturated heterocycles. The zero-order valence-electron chi connectivity index (χ0n) is 16.3. The SMILES string of the molecule is CN(C)C(CNC(=O)c1ccc(OCc2ccccc2)cc1)c1ccccc1. The maximum absolute atomic E-state index is 12.5. The molecule has 0 bridgehead atoms. The minimum Gasteiger partial charge on any atom is -0.489 e. The molecule has 1 amide bonds. The maximum Gasteiger partial charge on any atom is 0.251 e. The van der Waals surface area contributed by atoms with Crippen molar-refractivity contribution in [1.82, 2.24) is 10.2 Å². The lowest BCUT2D eigenvalue weighted by molar-refractivity contribution is 0.0942. The van der Waals surface area contributed by atoms with Crippen molar-refractivity contribution >= 4 is 5.91 Å². The molecule has 0 heterocycles. The van der Waals surface area contributed by atoms with Crippen molar-refractivity contribution in [2.45, 2.75) is 12.6 Å². The zero-order valence-corrected chi connectivity index (χ0v) is 16.3. The first-order valence-corrected chi connectivity index (χ1v) is 9.40. The van der Waals surface area contributed by atoms with Crippen molar-refractivity contribution < 1.29 is 9.53 Å². The molecule has 1 N–H and O–H groups in total. The molecule has 28 heavy (non-hydrogen) atoms. The number of nitrogens with zero attached hydrogens (tertiary/aromatic N) is 1. The highest BCUT2D eigenvalue weighted by molar-refractivity contribution is 5.94. The van der Waals surface area contributed by atoms with E-state index < -0.39 is 0 Å². The summed E-state index contributed by atoms with van der Waals surface area (Å²) >= 11 is 0. The molecule has 0 aromatic heterocycles.